The van der Waals surface area contributed by atoms with Crippen molar-refractivity contribution in [3.8, 4) is 0 Å². The molecule has 0 saturated carbocycles. The van der Waals surface area contributed by atoms with Gasteiger partial charge in [-0.1, -0.05) is 24.3 Å². The summed E-state index contributed by atoms with van der Waals surface area (Å²) in [5, 5.41) is 4.28. The number of benzene rings is 1. The smallest absolute Gasteiger partial charge is 0.328 e. The van der Waals surface area contributed by atoms with Gasteiger partial charge in [-0.15, -0.1) is 0 Å². The van der Waals surface area contributed by atoms with Crippen LogP contribution in [0.4, 0.5) is 0 Å². The SMILES string of the molecule is CCOC(=O)[C@H](C)NC(=O)c1nccc2ccccc12. The Bertz CT molecular complexity index is 635. The highest BCUT2D eigenvalue weighted by molar-refractivity contribution is 6.06. The van der Waals surface area contributed by atoms with Gasteiger partial charge in [0.05, 0.1) is 6.61 Å². The van der Waals surface area contributed by atoms with Gasteiger partial charge in [0.2, 0.25) is 0 Å². The first-order valence-electron chi connectivity index (χ1n) is 6.44. The number of hydrogen-bond acceptors (Lipinski definition) is 4. The van der Waals surface area contributed by atoms with Crippen molar-refractivity contribution in [3.05, 3.63) is 42.2 Å². The zero-order valence-corrected chi connectivity index (χ0v) is 11.4. The maximum absolute atomic E-state index is 12.2. The summed E-state index contributed by atoms with van der Waals surface area (Å²) < 4.78 is 4.85. The number of amides is 1. The highest BCUT2D eigenvalue weighted by atomic mass is 16.5. The second-order valence-electron chi connectivity index (χ2n) is 4.33. The number of carbonyl (C=O) groups is 2. The van der Waals surface area contributed by atoms with Gasteiger partial charge < -0.3 is 10.1 Å². The molecule has 0 bridgehead atoms. The highest BCUT2D eigenvalue weighted by Gasteiger charge is 2.19. The fourth-order valence-electron chi connectivity index (χ4n) is 1.89. The Morgan fingerprint density at radius 1 is 1.30 bits per heavy atom. The molecule has 2 rings (SSSR count). The normalized spacial score (nSPS) is 11.9. The van der Waals surface area contributed by atoms with Gasteiger partial charge in [0.25, 0.3) is 5.91 Å². The van der Waals surface area contributed by atoms with Gasteiger partial charge in [-0.05, 0) is 25.3 Å². The molecule has 0 fully saturated rings. The summed E-state index contributed by atoms with van der Waals surface area (Å²) in [4.78, 5) is 27.8. The number of hydrogen-bond donors (Lipinski definition) is 1. The second kappa shape index (κ2) is 6.14. The Balaban J connectivity index is 2.22. The number of esters is 1. The first-order valence-corrected chi connectivity index (χ1v) is 6.44. The molecule has 0 spiro atoms. The van der Waals surface area contributed by atoms with Crippen molar-refractivity contribution in [2.75, 3.05) is 6.61 Å². The molecule has 0 aliphatic heterocycles. The molecule has 1 N–H and O–H groups in total. The quantitative estimate of drug-likeness (QED) is 0.863. The van der Waals surface area contributed by atoms with E-state index in [1.807, 2.05) is 30.3 Å². The molecule has 20 heavy (non-hydrogen) atoms. The van der Waals surface area contributed by atoms with E-state index < -0.39 is 12.0 Å². The van der Waals surface area contributed by atoms with Crippen LogP contribution in [-0.2, 0) is 9.53 Å². The van der Waals surface area contributed by atoms with Gasteiger partial charge in [0, 0.05) is 11.6 Å². The number of pyridine rings is 1. The summed E-state index contributed by atoms with van der Waals surface area (Å²) >= 11 is 0. The summed E-state index contributed by atoms with van der Waals surface area (Å²) in [5.74, 6) is -0.844. The first-order chi connectivity index (χ1) is 9.63. The van der Waals surface area contributed by atoms with E-state index in [0.29, 0.717) is 5.69 Å². The predicted molar refractivity (Wildman–Crippen MR) is 75.3 cm³/mol. The first kappa shape index (κ1) is 14.0. The molecule has 5 nitrogen and oxygen atoms in total. The van der Waals surface area contributed by atoms with E-state index in [4.69, 9.17) is 4.74 Å². The van der Waals surface area contributed by atoms with Crippen molar-refractivity contribution in [2.45, 2.75) is 19.9 Å². The molecule has 1 aromatic carbocycles. The average Bonchev–Trinajstić information content (AvgIpc) is 2.46. The van der Waals surface area contributed by atoms with Gasteiger partial charge in [-0.25, -0.2) is 4.79 Å². The van der Waals surface area contributed by atoms with Crippen LogP contribution in [0.1, 0.15) is 24.3 Å². The minimum absolute atomic E-state index is 0.283. The maximum Gasteiger partial charge on any atom is 0.328 e. The fourth-order valence-corrected chi connectivity index (χ4v) is 1.89. The summed E-state index contributed by atoms with van der Waals surface area (Å²) in [7, 11) is 0. The zero-order chi connectivity index (χ0) is 14.5. The van der Waals surface area contributed by atoms with Crippen molar-refractivity contribution >= 4 is 22.6 Å². The lowest BCUT2D eigenvalue weighted by Gasteiger charge is -2.13. The number of fused-ring (bicyclic) bond motifs is 1. The fraction of sp³-hybridized carbons (Fsp3) is 0.267. The van der Waals surface area contributed by atoms with Gasteiger partial charge in [0.1, 0.15) is 11.7 Å². The van der Waals surface area contributed by atoms with Crippen LogP contribution in [0.15, 0.2) is 36.5 Å². The lowest BCUT2D eigenvalue weighted by molar-refractivity contribution is -0.144. The number of aromatic nitrogens is 1. The summed E-state index contributed by atoms with van der Waals surface area (Å²) in [6.45, 7) is 3.59. The lowest BCUT2D eigenvalue weighted by atomic mass is 10.1. The van der Waals surface area contributed by atoms with E-state index in [-0.39, 0.29) is 12.5 Å². The zero-order valence-electron chi connectivity index (χ0n) is 11.4. The third kappa shape index (κ3) is 2.93. The maximum atomic E-state index is 12.2. The van der Waals surface area contributed by atoms with Crippen molar-refractivity contribution in [1.82, 2.24) is 10.3 Å². The lowest BCUT2D eigenvalue weighted by Crippen LogP contribution is -2.39. The Labute approximate surface area is 117 Å². The van der Waals surface area contributed by atoms with Crippen molar-refractivity contribution < 1.29 is 14.3 Å². The predicted octanol–water partition coefficient (Wildman–Crippen LogP) is 1.92. The molecule has 1 amide bonds. The van der Waals surface area contributed by atoms with Gasteiger partial charge >= 0.3 is 5.97 Å². The molecule has 0 aliphatic carbocycles. The Morgan fingerprint density at radius 3 is 2.80 bits per heavy atom. The standard InChI is InChI=1S/C15H16N2O3/c1-3-20-15(19)10(2)17-14(18)13-12-7-5-4-6-11(12)8-9-16-13/h4-10H,3H2,1-2H3,(H,17,18)/t10-/m0/s1. The number of rotatable bonds is 4. The molecule has 1 atom stereocenters. The minimum atomic E-state index is -0.705. The molecular weight excluding hydrogens is 256 g/mol. The molecule has 0 aliphatic rings. The molecule has 5 heteroatoms. The van der Waals surface area contributed by atoms with Crippen molar-refractivity contribution in [2.24, 2.45) is 0 Å². The van der Waals surface area contributed by atoms with Crippen LogP contribution >= 0.6 is 0 Å². The Hall–Kier alpha value is -2.43. The van der Waals surface area contributed by atoms with Crippen LogP contribution < -0.4 is 5.32 Å². The number of nitrogens with zero attached hydrogens (tertiary/aromatic N) is 1. The summed E-state index contributed by atoms with van der Waals surface area (Å²) in [5.41, 5.74) is 0.305. The van der Waals surface area contributed by atoms with E-state index in [2.05, 4.69) is 10.3 Å². The molecule has 104 valence electrons. The van der Waals surface area contributed by atoms with Crippen LogP contribution in [0.3, 0.4) is 0 Å². The number of ether oxygens (including phenoxy) is 1. The minimum Gasteiger partial charge on any atom is -0.464 e. The number of carbonyl (C=O) groups excluding carboxylic acids is 2. The Morgan fingerprint density at radius 2 is 2.05 bits per heavy atom. The molecule has 2 aromatic rings. The third-order valence-corrected chi connectivity index (χ3v) is 2.88. The topological polar surface area (TPSA) is 68.3 Å². The molecule has 1 aromatic heterocycles. The second-order valence-corrected chi connectivity index (χ2v) is 4.33. The summed E-state index contributed by atoms with van der Waals surface area (Å²) in [6, 6.07) is 8.60. The molecule has 1 heterocycles. The van der Waals surface area contributed by atoms with Crippen LogP contribution in [-0.4, -0.2) is 29.5 Å². The van der Waals surface area contributed by atoms with E-state index >= 15 is 0 Å². The molecule has 0 saturated heterocycles. The monoisotopic (exact) mass is 272 g/mol. The molecule has 0 unspecified atom stereocenters. The van der Waals surface area contributed by atoms with Crippen molar-refractivity contribution in [1.29, 1.82) is 0 Å². The number of nitrogens with one attached hydrogen (secondary N) is 1. The van der Waals surface area contributed by atoms with Crippen LogP contribution in [0.5, 0.6) is 0 Å². The Kier molecular flexibility index (Phi) is 4.30. The largest absolute Gasteiger partial charge is 0.464 e. The van der Waals surface area contributed by atoms with Crippen molar-refractivity contribution in [3.63, 3.8) is 0 Å². The molecule has 0 radical (unpaired) electrons. The highest BCUT2D eigenvalue weighted by Crippen LogP contribution is 2.16. The van der Waals surface area contributed by atoms with E-state index in [0.717, 1.165) is 10.8 Å². The summed E-state index contributed by atoms with van der Waals surface area (Å²) in [6.07, 6.45) is 1.58. The van der Waals surface area contributed by atoms with Crippen LogP contribution in [0, 0.1) is 0 Å². The average molecular weight is 272 g/mol. The van der Waals surface area contributed by atoms with E-state index in [1.165, 1.54) is 0 Å². The van der Waals surface area contributed by atoms with E-state index in [9.17, 15) is 9.59 Å². The van der Waals surface area contributed by atoms with Crippen LogP contribution in [0.2, 0.25) is 0 Å². The van der Waals surface area contributed by atoms with Gasteiger partial charge in [-0.2, -0.15) is 0 Å². The molecular formula is C15H16N2O3. The van der Waals surface area contributed by atoms with Gasteiger partial charge in [0.15, 0.2) is 0 Å². The van der Waals surface area contributed by atoms with Gasteiger partial charge in [-0.3, -0.25) is 9.78 Å². The van der Waals surface area contributed by atoms with E-state index in [1.54, 1.807) is 20.0 Å². The third-order valence-electron chi connectivity index (χ3n) is 2.88. The van der Waals surface area contributed by atoms with Crippen LogP contribution in [0.25, 0.3) is 10.8 Å².